The number of H-pyrrole nitrogens is 2. The molecule has 106 valence electrons. The highest BCUT2D eigenvalue weighted by molar-refractivity contribution is 5.87. The van der Waals surface area contributed by atoms with E-state index < -0.39 is 11.6 Å². The number of aromatic nitrogens is 4. The molecule has 0 unspecified atom stereocenters. The lowest BCUT2D eigenvalue weighted by atomic mass is 10.2. The third-order valence-electron chi connectivity index (χ3n) is 2.12. The Bertz CT molecular complexity index is 743. The summed E-state index contributed by atoms with van der Waals surface area (Å²) in [4.78, 5) is 25.3. The topological polar surface area (TPSA) is 83.7 Å². The third-order valence-corrected chi connectivity index (χ3v) is 2.12. The second-order valence-electron chi connectivity index (χ2n) is 5.09. The highest BCUT2D eigenvalue weighted by Crippen LogP contribution is 2.10. The molecular weight excluding hydrogens is 268 g/mol. The van der Waals surface area contributed by atoms with Crippen LogP contribution >= 0.6 is 0 Å². The summed E-state index contributed by atoms with van der Waals surface area (Å²) < 4.78 is 5.21. The smallest absolute Gasteiger partial charge is 0.356 e. The Hall–Kier alpha value is -2.99. The Morgan fingerprint density at radius 3 is 2.52 bits per heavy atom. The van der Waals surface area contributed by atoms with Crippen molar-refractivity contribution in [1.82, 2.24) is 19.9 Å². The summed E-state index contributed by atoms with van der Waals surface area (Å²) in [5.41, 5.74) is -0.295. The Balaban J connectivity index is 2.02. The molecule has 2 aromatic heterocycles. The van der Waals surface area contributed by atoms with Gasteiger partial charge in [-0.25, -0.2) is 14.8 Å². The number of ether oxygens (including phenoxy) is 1. The van der Waals surface area contributed by atoms with E-state index in [4.69, 9.17) is 4.74 Å². The third kappa shape index (κ3) is 4.55. The predicted molar refractivity (Wildman–Crippen MR) is 76.1 cm³/mol. The van der Waals surface area contributed by atoms with E-state index in [9.17, 15) is 4.79 Å². The molecule has 6 nitrogen and oxygen atoms in total. The van der Waals surface area contributed by atoms with Crippen molar-refractivity contribution in [2.45, 2.75) is 26.4 Å². The average Bonchev–Trinajstić information content (AvgIpc) is 3.04. The zero-order chi connectivity index (χ0) is 15.3. The average molecular weight is 282 g/mol. The van der Waals surface area contributed by atoms with Crippen molar-refractivity contribution in [3.8, 4) is 23.7 Å². The summed E-state index contributed by atoms with van der Waals surface area (Å²) in [5.74, 6) is 11.1. The van der Waals surface area contributed by atoms with Gasteiger partial charge in [0, 0.05) is 12.4 Å². The number of carbonyl (C=O) groups is 1. The minimum absolute atomic E-state index is 0.258. The van der Waals surface area contributed by atoms with Crippen molar-refractivity contribution < 1.29 is 9.53 Å². The fraction of sp³-hybridized carbons (Fsp3) is 0.267. The molecule has 0 radical (unpaired) electrons. The molecule has 0 fully saturated rings. The molecule has 21 heavy (non-hydrogen) atoms. The number of hydrogen-bond donors (Lipinski definition) is 2. The Labute approximate surface area is 122 Å². The molecule has 0 aliphatic carbocycles. The van der Waals surface area contributed by atoms with Gasteiger partial charge in [-0.05, 0) is 44.5 Å². The number of nitrogens with one attached hydrogen (secondary N) is 2. The van der Waals surface area contributed by atoms with Crippen molar-refractivity contribution in [1.29, 1.82) is 0 Å². The lowest BCUT2D eigenvalue weighted by molar-refractivity contribution is 0.00634. The summed E-state index contributed by atoms with van der Waals surface area (Å²) in [6, 6.07) is 0. The van der Waals surface area contributed by atoms with Gasteiger partial charge in [0.15, 0.2) is 11.6 Å². The van der Waals surface area contributed by atoms with Crippen molar-refractivity contribution in [3.63, 3.8) is 0 Å². The molecule has 0 aromatic carbocycles. The van der Waals surface area contributed by atoms with Crippen LogP contribution in [0.2, 0.25) is 0 Å². The van der Waals surface area contributed by atoms with Crippen molar-refractivity contribution in [2.75, 3.05) is 0 Å². The van der Waals surface area contributed by atoms with Crippen LogP contribution < -0.4 is 0 Å². The first-order valence-corrected chi connectivity index (χ1v) is 6.24. The molecule has 0 amide bonds. The SMILES string of the molecule is CC(C)(C)OC(=O)c1cnc(C#CC#Cc2ncc[nH]2)[nH]1. The molecule has 2 rings (SSSR count). The van der Waals surface area contributed by atoms with Gasteiger partial charge in [-0.2, -0.15) is 0 Å². The molecule has 0 aliphatic heterocycles. The van der Waals surface area contributed by atoms with E-state index >= 15 is 0 Å². The number of hydrogen-bond acceptors (Lipinski definition) is 4. The largest absolute Gasteiger partial charge is 0.455 e. The van der Waals surface area contributed by atoms with E-state index in [0.717, 1.165) is 0 Å². The van der Waals surface area contributed by atoms with E-state index in [1.165, 1.54) is 6.20 Å². The molecule has 2 aromatic rings. The zero-order valence-electron chi connectivity index (χ0n) is 11.9. The van der Waals surface area contributed by atoms with Crippen LogP contribution in [0.15, 0.2) is 18.6 Å². The quantitative estimate of drug-likeness (QED) is 0.613. The standard InChI is InChI=1S/C15H14N4O2/c1-15(2,3)21-14(20)11-10-18-13(19-11)7-5-4-6-12-16-8-9-17-12/h8-10H,1-3H3,(H,16,17)(H,18,19). The first-order valence-electron chi connectivity index (χ1n) is 6.24. The van der Waals surface area contributed by atoms with Crippen molar-refractivity contribution >= 4 is 5.97 Å². The first kappa shape index (κ1) is 14.4. The summed E-state index contributed by atoms with van der Waals surface area (Å²) in [6.45, 7) is 5.39. The zero-order valence-corrected chi connectivity index (χ0v) is 11.9. The fourth-order valence-electron chi connectivity index (χ4n) is 1.34. The summed E-state index contributed by atoms with van der Waals surface area (Å²) in [6.07, 6.45) is 4.67. The highest BCUT2D eigenvalue weighted by atomic mass is 16.6. The van der Waals surface area contributed by atoms with E-state index in [1.807, 2.05) is 0 Å². The Kier molecular flexibility index (Phi) is 4.10. The maximum atomic E-state index is 11.8. The van der Waals surface area contributed by atoms with Gasteiger partial charge >= 0.3 is 5.97 Å². The van der Waals surface area contributed by atoms with E-state index in [1.54, 1.807) is 33.2 Å². The Morgan fingerprint density at radius 2 is 1.90 bits per heavy atom. The summed E-state index contributed by atoms with van der Waals surface area (Å²) >= 11 is 0. The van der Waals surface area contributed by atoms with Gasteiger partial charge in [0.25, 0.3) is 0 Å². The summed E-state index contributed by atoms with van der Waals surface area (Å²) in [7, 11) is 0. The van der Waals surface area contributed by atoms with Crippen LogP contribution in [0.25, 0.3) is 0 Å². The van der Waals surface area contributed by atoms with Gasteiger partial charge in [-0.3, -0.25) is 0 Å². The van der Waals surface area contributed by atoms with Gasteiger partial charge < -0.3 is 14.7 Å². The number of aromatic amines is 2. The number of carbonyl (C=O) groups excluding carboxylic acids is 1. The molecule has 0 aliphatic rings. The molecule has 0 bridgehead atoms. The van der Waals surface area contributed by atoms with Crippen LogP contribution in [0.4, 0.5) is 0 Å². The van der Waals surface area contributed by atoms with Crippen LogP contribution in [-0.4, -0.2) is 31.5 Å². The van der Waals surface area contributed by atoms with Crippen LogP contribution in [-0.2, 0) is 4.74 Å². The molecule has 0 spiro atoms. The minimum Gasteiger partial charge on any atom is -0.455 e. The van der Waals surface area contributed by atoms with Gasteiger partial charge in [0.1, 0.15) is 11.3 Å². The molecule has 0 saturated heterocycles. The number of esters is 1. The van der Waals surface area contributed by atoms with Crippen molar-refractivity contribution in [2.24, 2.45) is 0 Å². The van der Waals surface area contributed by atoms with Gasteiger partial charge in [-0.1, -0.05) is 0 Å². The van der Waals surface area contributed by atoms with Crippen LogP contribution in [0.1, 0.15) is 42.9 Å². The monoisotopic (exact) mass is 282 g/mol. The normalized spacial score (nSPS) is 10.0. The predicted octanol–water partition coefficient (Wildman–Crippen LogP) is 1.49. The summed E-state index contributed by atoms with van der Waals surface area (Å²) in [5, 5.41) is 0. The fourth-order valence-corrected chi connectivity index (χ4v) is 1.34. The van der Waals surface area contributed by atoms with Gasteiger partial charge in [-0.15, -0.1) is 0 Å². The molecule has 2 heterocycles. The second kappa shape index (κ2) is 5.98. The molecule has 0 saturated carbocycles. The van der Waals surface area contributed by atoms with E-state index in [2.05, 4.69) is 43.6 Å². The molecular formula is C15H14N4O2. The maximum absolute atomic E-state index is 11.8. The van der Waals surface area contributed by atoms with E-state index in [-0.39, 0.29) is 5.69 Å². The van der Waals surface area contributed by atoms with Gasteiger partial charge in [0.05, 0.1) is 6.20 Å². The van der Waals surface area contributed by atoms with Crippen LogP contribution in [0.5, 0.6) is 0 Å². The van der Waals surface area contributed by atoms with Gasteiger partial charge in [0.2, 0.25) is 0 Å². The lowest BCUT2D eigenvalue weighted by Crippen LogP contribution is -2.24. The van der Waals surface area contributed by atoms with Crippen LogP contribution in [0, 0.1) is 23.7 Å². The van der Waals surface area contributed by atoms with Crippen molar-refractivity contribution in [3.05, 3.63) is 35.9 Å². The molecule has 6 heteroatoms. The number of rotatable bonds is 1. The minimum atomic E-state index is -0.553. The highest BCUT2D eigenvalue weighted by Gasteiger charge is 2.19. The number of imidazole rings is 2. The maximum Gasteiger partial charge on any atom is 0.356 e. The van der Waals surface area contributed by atoms with Crippen LogP contribution in [0.3, 0.4) is 0 Å². The molecule has 0 atom stereocenters. The number of nitrogens with zero attached hydrogens (tertiary/aromatic N) is 2. The van der Waals surface area contributed by atoms with E-state index in [0.29, 0.717) is 11.6 Å². The molecule has 2 N–H and O–H groups in total. The Morgan fingerprint density at radius 1 is 1.19 bits per heavy atom. The second-order valence-corrected chi connectivity index (χ2v) is 5.09. The first-order chi connectivity index (χ1) is 9.94. The lowest BCUT2D eigenvalue weighted by Gasteiger charge is -2.18.